The molecule has 3 heteroatoms. The molecule has 0 fully saturated rings. The average Bonchev–Trinajstić information content (AvgIpc) is 2.73. The van der Waals surface area contributed by atoms with Crippen molar-refractivity contribution in [3.05, 3.63) is 52.9 Å². The number of benzene rings is 1. The largest absolute Gasteiger partial charge is 0.472 e. The molecule has 0 aliphatic carbocycles. The number of rotatable bonds is 3. The summed E-state index contributed by atoms with van der Waals surface area (Å²) in [5.74, 6) is 0. The fourth-order valence-electron chi connectivity index (χ4n) is 1.30. The third kappa shape index (κ3) is 2.54. The normalized spacial score (nSPS) is 10.3. The molecule has 0 bridgehead atoms. The van der Waals surface area contributed by atoms with Crippen LogP contribution in [0.4, 0.5) is 5.69 Å². The van der Waals surface area contributed by atoms with E-state index in [9.17, 15) is 0 Å². The number of nitrogens with one attached hydrogen (secondary N) is 1. The zero-order chi connectivity index (χ0) is 10.7. The smallest absolute Gasteiger partial charge is 0.0952 e. The first-order valence-electron chi connectivity index (χ1n) is 4.77. The highest BCUT2D eigenvalue weighted by atomic mass is 35.5. The summed E-state index contributed by atoms with van der Waals surface area (Å²) in [6.45, 7) is 2.73. The van der Waals surface area contributed by atoms with E-state index in [1.165, 1.54) is 0 Å². The molecule has 0 atom stereocenters. The number of aryl methyl sites for hydroxylation is 1. The summed E-state index contributed by atoms with van der Waals surface area (Å²) >= 11 is 6.02. The Morgan fingerprint density at radius 2 is 2.20 bits per heavy atom. The van der Waals surface area contributed by atoms with E-state index in [4.69, 9.17) is 16.0 Å². The number of anilines is 1. The molecular formula is C12H12ClNO. The van der Waals surface area contributed by atoms with E-state index in [1.807, 2.05) is 31.2 Å². The summed E-state index contributed by atoms with van der Waals surface area (Å²) < 4.78 is 4.98. The molecule has 1 heterocycles. The van der Waals surface area contributed by atoms with E-state index in [0.29, 0.717) is 0 Å². The highest BCUT2D eigenvalue weighted by molar-refractivity contribution is 6.31. The van der Waals surface area contributed by atoms with Gasteiger partial charge in [0.15, 0.2) is 0 Å². The highest BCUT2D eigenvalue weighted by Crippen LogP contribution is 2.20. The summed E-state index contributed by atoms with van der Waals surface area (Å²) in [5.41, 5.74) is 3.23. The van der Waals surface area contributed by atoms with E-state index < -0.39 is 0 Å². The van der Waals surface area contributed by atoms with Crippen molar-refractivity contribution in [1.29, 1.82) is 0 Å². The molecule has 0 aliphatic heterocycles. The van der Waals surface area contributed by atoms with Gasteiger partial charge in [-0.1, -0.05) is 17.7 Å². The first-order valence-corrected chi connectivity index (χ1v) is 5.14. The Bertz CT molecular complexity index is 437. The quantitative estimate of drug-likeness (QED) is 0.852. The molecule has 0 aliphatic rings. The molecular weight excluding hydrogens is 210 g/mol. The van der Waals surface area contributed by atoms with Crippen LogP contribution in [0.15, 0.2) is 41.2 Å². The van der Waals surface area contributed by atoms with Gasteiger partial charge in [-0.3, -0.25) is 0 Å². The van der Waals surface area contributed by atoms with Crippen molar-refractivity contribution in [3.63, 3.8) is 0 Å². The van der Waals surface area contributed by atoms with Gasteiger partial charge in [0.25, 0.3) is 0 Å². The lowest BCUT2D eigenvalue weighted by molar-refractivity contribution is 0.564. The van der Waals surface area contributed by atoms with E-state index >= 15 is 0 Å². The first-order chi connectivity index (χ1) is 7.25. The van der Waals surface area contributed by atoms with Crippen molar-refractivity contribution in [1.82, 2.24) is 0 Å². The summed E-state index contributed by atoms with van der Waals surface area (Å²) in [4.78, 5) is 0. The Morgan fingerprint density at radius 1 is 1.33 bits per heavy atom. The Balaban J connectivity index is 2.02. The Kier molecular flexibility index (Phi) is 2.97. The maximum absolute atomic E-state index is 6.02. The summed E-state index contributed by atoms with van der Waals surface area (Å²) in [6, 6.07) is 7.88. The van der Waals surface area contributed by atoms with Gasteiger partial charge in [-0.25, -0.2) is 0 Å². The van der Waals surface area contributed by atoms with E-state index in [-0.39, 0.29) is 0 Å². The molecule has 2 nitrogen and oxygen atoms in total. The van der Waals surface area contributed by atoms with Crippen LogP contribution >= 0.6 is 11.6 Å². The topological polar surface area (TPSA) is 25.2 Å². The van der Waals surface area contributed by atoms with Crippen molar-refractivity contribution in [2.24, 2.45) is 0 Å². The molecule has 1 aromatic heterocycles. The van der Waals surface area contributed by atoms with Crippen LogP contribution in [0.3, 0.4) is 0 Å². The molecule has 0 unspecified atom stereocenters. The van der Waals surface area contributed by atoms with Gasteiger partial charge in [0.1, 0.15) is 0 Å². The van der Waals surface area contributed by atoms with Crippen molar-refractivity contribution >= 4 is 17.3 Å². The number of halogens is 1. The predicted octanol–water partition coefficient (Wildman–Crippen LogP) is 3.85. The van der Waals surface area contributed by atoms with Crippen LogP contribution < -0.4 is 5.32 Å². The lowest BCUT2D eigenvalue weighted by Gasteiger charge is -2.06. The van der Waals surface area contributed by atoms with Gasteiger partial charge in [0, 0.05) is 22.8 Å². The maximum Gasteiger partial charge on any atom is 0.0952 e. The predicted molar refractivity (Wildman–Crippen MR) is 62.2 cm³/mol. The van der Waals surface area contributed by atoms with Crippen LogP contribution in [0.2, 0.25) is 5.02 Å². The zero-order valence-corrected chi connectivity index (χ0v) is 9.21. The fourth-order valence-corrected chi connectivity index (χ4v) is 1.48. The van der Waals surface area contributed by atoms with Crippen LogP contribution in [0.5, 0.6) is 0 Å². The second kappa shape index (κ2) is 4.41. The van der Waals surface area contributed by atoms with E-state index in [2.05, 4.69) is 5.32 Å². The SMILES string of the molecule is Cc1ccc(NCc2ccoc2)cc1Cl. The van der Waals surface area contributed by atoms with Gasteiger partial charge in [-0.15, -0.1) is 0 Å². The monoisotopic (exact) mass is 221 g/mol. The third-order valence-electron chi connectivity index (χ3n) is 2.25. The molecule has 78 valence electrons. The van der Waals surface area contributed by atoms with Crippen LogP contribution in [-0.2, 0) is 6.54 Å². The lowest BCUT2D eigenvalue weighted by Crippen LogP contribution is -1.97. The van der Waals surface area contributed by atoms with Crippen LogP contribution in [-0.4, -0.2) is 0 Å². The summed E-state index contributed by atoms with van der Waals surface area (Å²) in [5, 5.41) is 4.06. The van der Waals surface area contributed by atoms with Crippen molar-refractivity contribution in [3.8, 4) is 0 Å². The summed E-state index contributed by atoms with van der Waals surface area (Å²) in [6.07, 6.45) is 3.39. The molecule has 0 saturated heterocycles. The van der Waals surface area contributed by atoms with Gasteiger partial charge in [-0.2, -0.15) is 0 Å². The van der Waals surface area contributed by atoms with E-state index in [1.54, 1.807) is 12.5 Å². The summed E-state index contributed by atoms with van der Waals surface area (Å²) in [7, 11) is 0. The minimum absolute atomic E-state index is 0.746. The molecule has 15 heavy (non-hydrogen) atoms. The van der Waals surface area contributed by atoms with Gasteiger partial charge in [-0.05, 0) is 30.7 Å². The molecule has 0 radical (unpaired) electrons. The van der Waals surface area contributed by atoms with Crippen molar-refractivity contribution in [2.75, 3.05) is 5.32 Å². The third-order valence-corrected chi connectivity index (χ3v) is 2.66. The van der Waals surface area contributed by atoms with Gasteiger partial charge in [0.2, 0.25) is 0 Å². The fraction of sp³-hybridized carbons (Fsp3) is 0.167. The van der Waals surface area contributed by atoms with Crippen LogP contribution in [0, 0.1) is 6.92 Å². The second-order valence-corrected chi connectivity index (χ2v) is 3.86. The van der Waals surface area contributed by atoms with Gasteiger partial charge < -0.3 is 9.73 Å². The van der Waals surface area contributed by atoms with Crippen LogP contribution in [0.25, 0.3) is 0 Å². The highest BCUT2D eigenvalue weighted by Gasteiger charge is 1.98. The Hall–Kier alpha value is -1.41. The van der Waals surface area contributed by atoms with Crippen molar-refractivity contribution in [2.45, 2.75) is 13.5 Å². The molecule has 0 saturated carbocycles. The Labute approximate surface area is 93.9 Å². The van der Waals surface area contributed by atoms with Gasteiger partial charge in [0.05, 0.1) is 12.5 Å². The first kappa shape index (κ1) is 10.1. The maximum atomic E-state index is 6.02. The minimum Gasteiger partial charge on any atom is -0.472 e. The Morgan fingerprint density at radius 3 is 2.87 bits per heavy atom. The number of furan rings is 1. The zero-order valence-electron chi connectivity index (χ0n) is 8.46. The van der Waals surface area contributed by atoms with E-state index in [0.717, 1.165) is 28.4 Å². The standard InChI is InChI=1S/C12H12ClNO/c1-9-2-3-11(6-12(9)13)14-7-10-4-5-15-8-10/h2-6,8,14H,7H2,1H3. The molecule has 0 amide bonds. The second-order valence-electron chi connectivity index (χ2n) is 3.45. The van der Waals surface area contributed by atoms with Gasteiger partial charge >= 0.3 is 0 Å². The average molecular weight is 222 g/mol. The number of hydrogen-bond donors (Lipinski definition) is 1. The number of hydrogen-bond acceptors (Lipinski definition) is 2. The molecule has 2 aromatic rings. The molecule has 0 spiro atoms. The minimum atomic E-state index is 0.746. The lowest BCUT2D eigenvalue weighted by atomic mass is 10.2. The molecule has 1 N–H and O–H groups in total. The molecule has 2 rings (SSSR count). The molecule has 1 aromatic carbocycles. The van der Waals surface area contributed by atoms with Crippen LogP contribution in [0.1, 0.15) is 11.1 Å². The van der Waals surface area contributed by atoms with Crippen molar-refractivity contribution < 1.29 is 4.42 Å².